The number of hydrogen-bond acceptors (Lipinski definition) is 4. The Bertz CT molecular complexity index is 1250. The second-order valence-corrected chi connectivity index (χ2v) is 8.01. The van der Waals surface area contributed by atoms with Gasteiger partial charge in [0, 0.05) is 11.8 Å². The van der Waals surface area contributed by atoms with Crippen molar-refractivity contribution in [3.63, 3.8) is 0 Å². The third kappa shape index (κ3) is 4.80. The van der Waals surface area contributed by atoms with Crippen LogP contribution in [-0.2, 0) is 9.59 Å². The quantitative estimate of drug-likeness (QED) is 0.446. The first-order valence-corrected chi connectivity index (χ1v) is 10.6. The van der Waals surface area contributed by atoms with Crippen molar-refractivity contribution < 1.29 is 27.5 Å². The number of imide groups is 1. The highest BCUT2D eigenvalue weighted by atomic mass is 19.4. The van der Waals surface area contributed by atoms with Crippen molar-refractivity contribution >= 4 is 28.8 Å². The Kier molecular flexibility index (Phi) is 6.15. The molecule has 0 aromatic heterocycles. The van der Waals surface area contributed by atoms with Crippen LogP contribution in [0, 0.1) is 0 Å². The summed E-state index contributed by atoms with van der Waals surface area (Å²) in [6, 6.07) is 20.8. The maximum atomic E-state index is 13.4. The van der Waals surface area contributed by atoms with Crippen molar-refractivity contribution in [2.45, 2.75) is 26.1 Å². The summed E-state index contributed by atoms with van der Waals surface area (Å²) >= 11 is 0. The molecule has 0 saturated heterocycles. The number of carbonyl (C=O) groups is 2. The normalized spacial score (nSPS) is 14.2. The molecule has 0 radical (unpaired) electrons. The molecule has 34 heavy (non-hydrogen) atoms. The third-order valence-electron chi connectivity index (χ3n) is 5.30. The topological polar surface area (TPSA) is 58.6 Å². The Morgan fingerprint density at radius 1 is 0.853 bits per heavy atom. The van der Waals surface area contributed by atoms with Gasteiger partial charge < -0.3 is 10.1 Å². The number of nitrogens with zero attached hydrogens (tertiary/aromatic N) is 1. The van der Waals surface area contributed by atoms with Crippen LogP contribution < -0.4 is 15.0 Å². The van der Waals surface area contributed by atoms with Gasteiger partial charge in [-0.15, -0.1) is 13.2 Å². The Hall–Kier alpha value is -4.07. The van der Waals surface area contributed by atoms with Crippen LogP contribution >= 0.6 is 0 Å². The largest absolute Gasteiger partial charge is 0.573 e. The molecular formula is C26H21F3N2O3. The summed E-state index contributed by atoms with van der Waals surface area (Å²) in [5.41, 5.74) is 2.22. The second-order valence-electron chi connectivity index (χ2n) is 8.01. The number of rotatable bonds is 6. The molecule has 3 aromatic rings. The third-order valence-corrected chi connectivity index (χ3v) is 5.30. The lowest BCUT2D eigenvalue weighted by atomic mass is 10.0. The zero-order chi connectivity index (χ0) is 24.5. The minimum Gasteiger partial charge on any atom is -0.406 e. The summed E-state index contributed by atoms with van der Waals surface area (Å²) in [7, 11) is 0. The maximum absolute atomic E-state index is 13.4. The molecule has 0 aliphatic carbocycles. The summed E-state index contributed by atoms with van der Waals surface area (Å²) in [5, 5.41) is 2.85. The fraction of sp³-hybridized carbons (Fsp3) is 0.154. The van der Waals surface area contributed by atoms with Crippen LogP contribution in [-0.4, -0.2) is 18.2 Å². The molecule has 1 aliphatic heterocycles. The molecule has 0 fully saturated rings. The van der Waals surface area contributed by atoms with Crippen molar-refractivity contribution in [1.82, 2.24) is 0 Å². The fourth-order valence-corrected chi connectivity index (χ4v) is 3.68. The first-order valence-electron chi connectivity index (χ1n) is 10.6. The number of amides is 2. The van der Waals surface area contributed by atoms with Crippen LogP contribution in [0.1, 0.15) is 30.9 Å². The molecule has 1 N–H and O–H groups in total. The number of nitrogens with one attached hydrogen (secondary N) is 1. The average Bonchev–Trinajstić information content (AvgIpc) is 3.03. The Labute approximate surface area is 194 Å². The SMILES string of the molecule is CC(C)c1ccc(N2C(=O)C(Nc3cccc(OC(F)(F)F)c3)=C(c3ccccc3)C2=O)cc1. The molecule has 1 heterocycles. The lowest BCUT2D eigenvalue weighted by Gasteiger charge is -2.17. The van der Waals surface area contributed by atoms with Gasteiger partial charge in [-0.25, -0.2) is 4.90 Å². The molecule has 5 nitrogen and oxygen atoms in total. The molecule has 1 aliphatic rings. The van der Waals surface area contributed by atoms with Crippen molar-refractivity contribution in [2.75, 3.05) is 10.2 Å². The molecule has 0 spiro atoms. The molecular weight excluding hydrogens is 445 g/mol. The van der Waals surface area contributed by atoms with Crippen LogP contribution in [0.2, 0.25) is 0 Å². The van der Waals surface area contributed by atoms with Crippen LogP contribution in [0.15, 0.2) is 84.6 Å². The van der Waals surface area contributed by atoms with E-state index in [4.69, 9.17) is 0 Å². The van der Waals surface area contributed by atoms with E-state index in [2.05, 4.69) is 10.1 Å². The van der Waals surface area contributed by atoms with Crippen molar-refractivity contribution in [3.8, 4) is 5.75 Å². The lowest BCUT2D eigenvalue weighted by molar-refractivity contribution is -0.274. The monoisotopic (exact) mass is 466 g/mol. The van der Waals surface area contributed by atoms with Crippen LogP contribution in [0.3, 0.4) is 0 Å². The van der Waals surface area contributed by atoms with E-state index in [0.717, 1.165) is 22.6 Å². The van der Waals surface area contributed by atoms with Gasteiger partial charge in [-0.3, -0.25) is 9.59 Å². The average molecular weight is 466 g/mol. The Balaban J connectivity index is 1.73. The van der Waals surface area contributed by atoms with E-state index in [1.165, 1.54) is 12.1 Å². The minimum atomic E-state index is -4.86. The molecule has 2 amide bonds. The maximum Gasteiger partial charge on any atom is 0.573 e. The van der Waals surface area contributed by atoms with Crippen LogP contribution in [0.5, 0.6) is 5.75 Å². The number of carbonyl (C=O) groups excluding carboxylic acids is 2. The number of benzene rings is 3. The number of ether oxygens (including phenoxy) is 1. The molecule has 3 aromatic carbocycles. The van der Waals surface area contributed by atoms with E-state index in [-0.39, 0.29) is 22.9 Å². The molecule has 8 heteroatoms. The molecule has 0 atom stereocenters. The predicted octanol–water partition coefficient (Wildman–Crippen LogP) is 6.11. The molecule has 0 unspecified atom stereocenters. The highest BCUT2D eigenvalue weighted by Crippen LogP contribution is 2.35. The van der Waals surface area contributed by atoms with E-state index in [9.17, 15) is 22.8 Å². The molecule has 0 saturated carbocycles. The molecule has 0 bridgehead atoms. The van der Waals surface area contributed by atoms with Crippen LogP contribution in [0.4, 0.5) is 24.5 Å². The second kappa shape index (κ2) is 9.05. The van der Waals surface area contributed by atoms with Gasteiger partial charge in [0.05, 0.1) is 11.3 Å². The number of hydrogen-bond donors (Lipinski definition) is 1. The van der Waals surface area contributed by atoms with Crippen molar-refractivity contribution in [1.29, 1.82) is 0 Å². The van der Waals surface area contributed by atoms with E-state index in [0.29, 0.717) is 11.3 Å². The van der Waals surface area contributed by atoms with E-state index in [1.807, 2.05) is 26.0 Å². The Morgan fingerprint density at radius 3 is 2.15 bits per heavy atom. The first-order chi connectivity index (χ1) is 16.1. The smallest absolute Gasteiger partial charge is 0.406 e. The predicted molar refractivity (Wildman–Crippen MR) is 123 cm³/mol. The first kappa shape index (κ1) is 23.1. The number of anilines is 2. The lowest BCUT2D eigenvalue weighted by Crippen LogP contribution is -2.32. The van der Waals surface area contributed by atoms with Crippen LogP contribution in [0.25, 0.3) is 5.57 Å². The summed E-state index contributed by atoms with van der Waals surface area (Å²) in [5.74, 6) is -1.31. The van der Waals surface area contributed by atoms with Gasteiger partial charge in [-0.05, 0) is 41.3 Å². The standard InChI is InChI=1S/C26H21F3N2O3/c1-16(2)17-11-13-20(14-12-17)31-24(32)22(18-7-4-3-5-8-18)23(25(31)33)30-19-9-6-10-21(15-19)34-26(27,28)29/h3-16,30H,1-2H3. The fourth-order valence-electron chi connectivity index (χ4n) is 3.68. The van der Waals surface area contributed by atoms with E-state index < -0.39 is 23.9 Å². The summed E-state index contributed by atoms with van der Waals surface area (Å²) in [6.07, 6.45) is -4.86. The summed E-state index contributed by atoms with van der Waals surface area (Å²) in [4.78, 5) is 27.9. The molecule has 174 valence electrons. The zero-order valence-electron chi connectivity index (χ0n) is 18.4. The van der Waals surface area contributed by atoms with Gasteiger partial charge in [0.2, 0.25) is 0 Å². The van der Waals surface area contributed by atoms with Gasteiger partial charge in [0.15, 0.2) is 0 Å². The van der Waals surface area contributed by atoms with Gasteiger partial charge in [-0.1, -0.05) is 62.4 Å². The number of halogens is 3. The van der Waals surface area contributed by atoms with Crippen molar-refractivity contribution in [2.24, 2.45) is 0 Å². The highest BCUT2D eigenvalue weighted by Gasteiger charge is 2.40. The van der Waals surface area contributed by atoms with Gasteiger partial charge in [0.1, 0.15) is 11.4 Å². The van der Waals surface area contributed by atoms with Crippen molar-refractivity contribution in [3.05, 3.63) is 95.7 Å². The molecule has 4 rings (SSSR count). The van der Waals surface area contributed by atoms with Gasteiger partial charge in [-0.2, -0.15) is 0 Å². The zero-order valence-corrected chi connectivity index (χ0v) is 18.4. The van der Waals surface area contributed by atoms with Gasteiger partial charge in [0.25, 0.3) is 11.8 Å². The van der Waals surface area contributed by atoms with Gasteiger partial charge >= 0.3 is 6.36 Å². The number of alkyl halides is 3. The Morgan fingerprint density at radius 2 is 1.53 bits per heavy atom. The van der Waals surface area contributed by atoms with E-state index >= 15 is 0 Å². The highest BCUT2D eigenvalue weighted by molar-refractivity contribution is 6.46. The summed E-state index contributed by atoms with van der Waals surface area (Å²) in [6.45, 7) is 4.07. The summed E-state index contributed by atoms with van der Waals surface area (Å²) < 4.78 is 41.9. The van der Waals surface area contributed by atoms with E-state index in [1.54, 1.807) is 42.5 Å². The minimum absolute atomic E-state index is 0.0340.